The lowest BCUT2D eigenvalue weighted by Crippen LogP contribution is -2.58. The number of carbonyl (C=O) groups is 2. The van der Waals surface area contributed by atoms with E-state index >= 15 is 0 Å². The van der Waals surface area contributed by atoms with E-state index in [0.717, 1.165) is 10.0 Å². The summed E-state index contributed by atoms with van der Waals surface area (Å²) >= 11 is 3.36. The van der Waals surface area contributed by atoms with Gasteiger partial charge in [-0.05, 0) is 39.9 Å². The van der Waals surface area contributed by atoms with E-state index in [-0.39, 0.29) is 18.4 Å². The summed E-state index contributed by atoms with van der Waals surface area (Å²) in [5.74, 6) is 0.233. The predicted molar refractivity (Wildman–Crippen MR) is 78.7 cm³/mol. The first kappa shape index (κ1) is 15.0. The van der Waals surface area contributed by atoms with Gasteiger partial charge in [-0.25, -0.2) is 0 Å². The predicted octanol–water partition coefficient (Wildman–Crippen LogP) is 1.72. The lowest BCUT2D eigenvalue weighted by molar-refractivity contribution is -0.146. The number of nitrogens with one attached hydrogen (secondary N) is 1. The second-order valence-corrected chi connectivity index (χ2v) is 6.31. The Morgan fingerprint density at radius 3 is 2.85 bits per heavy atom. The summed E-state index contributed by atoms with van der Waals surface area (Å²) in [6, 6.07) is 1.52. The van der Waals surface area contributed by atoms with Crippen LogP contribution >= 0.6 is 15.9 Å². The molecule has 1 aromatic heterocycles. The summed E-state index contributed by atoms with van der Waals surface area (Å²) in [5.41, 5.74) is 0.913. The van der Waals surface area contributed by atoms with Crippen LogP contribution in [0.3, 0.4) is 0 Å². The molecule has 0 saturated carbocycles. The van der Waals surface area contributed by atoms with Gasteiger partial charge in [0.2, 0.25) is 11.8 Å². The van der Waals surface area contributed by atoms with E-state index in [2.05, 4.69) is 26.2 Å². The van der Waals surface area contributed by atoms with Crippen LogP contribution in [-0.4, -0.2) is 34.3 Å². The number of nitrogens with zero attached hydrogens (tertiary/aromatic N) is 2. The zero-order valence-corrected chi connectivity index (χ0v) is 13.2. The highest BCUT2D eigenvalue weighted by Crippen LogP contribution is 2.19. The maximum absolute atomic E-state index is 12.1. The van der Waals surface area contributed by atoms with Crippen molar-refractivity contribution in [3.05, 3.63) is 28.5 Å². The Morgan fingerprint density at radius 1 is 1.45 bits per heavy atom. The van der Waals surface area contributed by atoms with Gasteiger partial charge in [-0.2, -0.15) is 0 Å². The number of halogens is 1. The Balaban J connectivity index is 2.19. The van der Waals surface area contributed by atoms with Crippen LogP contribution in [0.1, 0.15) is 25.8 Å². The molecule has 2 rings (SSSR count). The van der Waals surface area contributed by atoms with Gasteiger partial charge in [0.05, 0.1) is 6.54 Å². The summed E-state index contributed by atoms with van der Waals surface area (Å²) in [7, 11) is 0. The van der Waals surface area contributed by atoms with Crippen molar-refractivity contribution in [2.75, 3.05) is 6.54 Å². The minimum absolute atomic E-state index is 0.0461. The summed E-state index contributed by atoms with van der Waals surface area (Å²) in [6.45, 7) is 4.58. The molecule has 0 radical (unpaired) electrons. The minimum atomic E-state index is -0.393. The maximum Gasteiger partial charge on any atom is 0.243 e. The molecule has 1 saturated heterocycles. The smallest absolute Gasteiger partial charge is 0.243 e. The van der Waals surface area contributed by atoms with Gasteiger partial charge in [0.1, 0.15) is 6.04 Å². The van der Waals surface area contributed by atoms with Crippen molar-refractivity contribution in [1.82, 2.24) is 15.2 Å². The van der Waals surface area contributed by atoms with E-state index in [0.29, 0.717) is 18.9 Å². The Morgan fingerprint density at radius 2 is 2.20 bits per heavy atom. The van der Waals surface area contributed by atoms with Crippen molar-refractivity contribution in [1.29, 1.82) is 0 Å². The molecule has 1 aromatic rings. The van der Waals surface area contributed by atoms with E-state index < -0.39 is 6.04 Å². The molecule has 2 amide bonds. The molecule has 20 heavy (non-hydrogen) atoms. The standard InChI is InChI=1S/C14H18BrN3O2/c1-9(2)3-12-14(20)17-7-13(19)18(12)8-10-4-11(15)6-16-5-10/h4-6,9,12H,3,7-8H2,1-2H3,(H,17,20). The number of hydrogen-bond donors (Lipinski definition) is 1. The Labute approximate surface area is 126 Å². The zero-order valence-electron chi connectivity index (χ0n) is 11.6. The fraction of sp³-hybridized carbons (Fsp3) is 0.500. The zero-order chi connectivity index (χ0) is 14.7. The Bertz CT molecular complexity index is 519. The van der Waals surface area contributed by atoms with Gasteiger partial charge in [-0.15, -0.1) is 0 Å². The summed E-state index contributed by atoms with van der Waals surface area (Å²) < 4.78 is 0.865. The lowest BCUT2D eigenvalue weighted by atomic mass is 9.99. The second-order valence-electron chi connectivity index (χ2n) is 5.40. The number of pyridine rings is 1. The molecule has 1 N–H and O–H groups in total. The van der Waals surface area contributed by atoms with Crippen LogP contribution in [0, 0.1) is 5.92 Å². The number of aromatic nitrogens is 1. The van der Waals surface area contributed by atoms with Crippen molar-refractivity contribution in [2.24, 2.45) is 5.92 Å². The van der Waals surface area contributed by atoms with Gasteiger partial charge in [0.15, 0.2) is 0 Å². The van der Waals surface area contributed by atoms with Gasteiger partial charge in [0.25, 0.3) is 0 Å². The van der Waals surface area contributed by atoms with Crippen LogP contribution in [0.2, 0.25) is 0 Å². The second kappa shape index (κ2) is 6.35. The third-order valence-electron chi connectivity index (χ3n) is 3.22. The number of rotatable bonds is 4. The monoisotopic (exact) mass is 339 g/mol. The van der Waals surface area contributed by atoms with Gasteiger partial charge >= 0.3 is 0 Å². The average Bonchev–Trinajstić information content (AvgIpc) is 2.38. The van der Waals surface area contributed by atoms with Crippen molar-refractivity contribution in [2.45, 2.75) is 32.9 Å². The maximum atomic E-state index is 12.1. The van der Waals surface area contributed by atoms with Gasteiger partial charge < -0.3 is 10.2 Å². The molecule has 0 aromatic carbocycles. The van der Waals surface area contributed by atoms with Crippen molar-refractivity contribution in [3.63, 3.8) is 0 Å². The van der Waals surface area contributed by atoms with Gasteiger partial charge in [-0.3, -0.25) is 14.6 Å². The lowest BCUT2D eigenvalue weighted by Gasteiger charge is -2.35. The molecule has 5 nitrogen and oxygen atoms in total. The first-order valence-corrected chi connectivity index (χ1v) is 7.43. The SMILES string of the molecule is CC(C)CC1C(=O)NCC(=O)N1Cc1cncc(Br)c1. The van der Waals surface area contributed by atoms with E-state index in [1.807, 2.05) is 19.9 Å². The molecule has 6 heteroatoms. The van der Waals surface area contributed by atoms with Gasteiger partial charge in [-0.1, -0.05) is 13.8 Å². The number of carbonyl (C=O) groups excluding carboxylic acids is 2. The van der Waals surface area contributed by atoms with Crippen molar-refractivity contribution in [3.8, 4) is 0 Å². The fourth-order valence-corrected chi connectivity index (χ4v) is 2.73. The van der Waals surface area contributed by atoms with Crippen LogP contribution in [-0.2, 0) is 16.1 Å². The third-order valence-corrected chi connectivity index (χ3v) is 3.66. The summed E-state index contributed by atoms with van der Waals surface area (Å²) in [4.78, 5) is 29.9. The molecule has 0 spiro atoms. The highest BCUT2D eigenvalue weighted by atomic mass is 79.9. The number of hydrogen-bond acceptors (Lipinski definition) is 3. The normalized spacial score (nSPS) is 19.4. The molecule has 1 aliphatic rings. The van der Waals surface area contributed by atoms with Crippen LogP contribution < -0.4 is 5.32 Å². The average molecular weight is 340 g/mol. The number of piperazine rings is 1. The molecule has 1 aliphatic heterocycles. The molecule has 1 atom stereocenters. The fourth-order valence-electron chi connectivity index (χ4n) is 2.32. The van der Waals surface area contributed by atoms with Crippen molar-refractivity contribution >= 4 is 27.7 Å². The first-order chi connectivity index (χ1) is 9.47. The summed E-state index contributed by atoms with van der Waals surface area (Å²) in [6.07, 6.45) is 4.08. The van der Waals surface area contributed by atoms with E-state index in [1.165, 1.54) is 0 Å². The molecule has 0 aliphatic carbocycles. The molecule has 1 unspecified atom stereocenters. The topological polar surface area (TPSA) is 62.3 Å². The quantitative estimate of drug-likeness (QED) is 0.908. The van der Waals surface area contributed by atoms with Crippen LogP contribution in [0.5, 0.6) is 0 Å². The Kier molecular flexibility index (Phi) is 4.75. The Hall–Kier alpha value is -1.43. The van der Waals surface area contributed by atoms with E-state index in [1.54, 1.807) is 17.3 Å². The van der Waals surface area contributed by atoms with E-state index in [9.17, 15) is 9.59 Å². The molecule has 2 heterocycles. The van der Waals surface area contributed by atoms with E-state index in [4.69, 9.17) is 0 Å². The molecule has 1 fully saturated rings. The highest BCUT2D eigenvalue weighted by Gasteiger charge is 2.34. The van der Waals surface area contributed by atoms with Crippen LogP contribution in [0.25, 0.3) is 0 Å². The van der Waals surface area contributed by atoms with Gasteiger partial charge in [0, 0.05) is 23.4 Å². The molecule has 108 valence electrons. The number of amides is 2. The van der Waals surface area contributed by atoms with Crippen LogP contribution in [0.4, 0.5) is 0 Å². The summed E-state index contributed by atoms with van der Waals surface area (Å²) in [5, 5.41) is 2.66. The van der Waals surface area contributed by atoms with Crippen molar-refractivity contribution < 1.29 is 9.59 Å². The third kappa shape index (κ3) is 3.56. The highest BCUT2D eigenvalue weighted by molar-refractivity contribution is 9.10. The molecular formula is C14H18BrN3O2. The van der Waals surface area contributed by atoms with Crippen LogP contribution in [0.15, 0.2) is 22.9 Å². The largest absolute Gasteiger partial charge is 0.345 e. The first-order valence-electron chi connectivity index (χ1n) is 6.64. The minimum Gasteiger partial charge on any atom is -0.345 e. The molecular weight excluding hydrogens is 322 g/mol. The molecule has 0 bridgehead atoms.